The molecule has 0 N–H and O–H groups in total. The number of esters is 1. The molecule has 0 spiro atoms. The van der Waals surface area contributed by atoms with Crippen molar-refractivity contribution in [1.29, 1.82) is 0 Å². The van der Waals surface area contributed by atoms with Crippen molar-refractivity contribution in [1.82, 2.24) is 4.98 Å². The van der Waals surface area contributed by atoms with Crippen LogP contribution in [0.25, 0.3) is 10.6 Å². The third kappa shape index (κ3) is 4.04. The van der Waals surface area contributed by atoms with Crippen molar-refractivity contribution in [2.24, 2.45) is 5.92 Å². The van der Waals surface area contributed by atoms with E-state index in [2.05, 4.69) is 39.5 Å². The molecule has 1 heterocycles. The Hall–Kier alpha value is -1.40. The number of hydrogen-bond donors (Lipinski definition) is 0. The lowest BCUT2D eigenvalue weighted by Gasteiger charge is -2.05. The first-order chi connectivity index (χ1) is 10.0. The SMILES string of the molecule is COC(=O)c1ccc(-c2nc(Br)c(OCC(C)C)s2)cc1. The van der Waals surface area contributed by atoms with Gasteiger partial charge in [-0.15, -0.1) is 0 Å². The van der Waals surface area contributed by atoms with Gasteiger partial charge in [-0.3, -0.25) is 0 Å². The molecule has 0 aliphatic heterocycles. The molecule has 0 bridgehead atoms. The Morgan fingerprint density at radius 2 is 2.00 bits per heavy atom. The molecule has 6 heteroatoms. The molecule has 0 radical (unpaired) electrons. The van der Waals surface area contributed by atoms with Crippen molar-refractivity contribution >= 4 is 33.2 Å². The lowest BCUT2D eigenvalue weighted by atomic mass is 10.1. The second kappa shape index (κ2) is 7.04. The summed E-state index contributed by atoms with van der Waals surface area (Å²) in [4.78, 5) is 15.9. The summed E-state index contributed by atoms with van der Waals surface area (Å²) in [6, 6.07) is 7.16. The molecule has 0 saturated heterocycles. The van der Waals surface area contributed by atoms with Crippen molar-refractivity contribution in [2.75, 3.05) is 13.7 Å². The summed E-state index contributed by atoms with van der Waals surface area (Å²) in [6.45, 7) is 4.85. The molecule has 1 aromatic carbocycles. The van der Waals surface area contributed by atoms with Gasteiger partial charge in [0.15, 0.2) is 4.60 Å². The van der Waals surface area contributed by atoms with Crippen molar-refractivity contribution in [3.8, 4) is 15.6 Å². The predicted octanol–water partition coefficient (Wildman–Crippen LogP) is 4.39. The maximum absolute atomic E-state index is 11.4. The van der Waals surface area contributed by atoms with Crippen LogP contribution in [-0.4, -0.2) is 24.7 Å². The summed E-state index contributed by atoms with van der Waals surface area (Å²) < 4.78 is 11.1. The Bertz CT molecular complexity index is 622. The fraction of sp³-hybridized carbons (Fsp3) is 0.333. The molecule has 21 heavy (non-hydrogen) atoms. The number of benzene rings is 1. The number of carbonyl (C=O) groups is 1. The van der Waals surface area contributed by atoms with Gasteiger partial charge in [0, 0.05) is 5.56 Å². The number of hydrogen-bond acceptors (Lipinski definition) is 5. The lowest BCUT2D eigenvalue weighted by Crippen LogP contribution is -2.03. The first-order valence-electron chi connectivity index (χ1n) is 6.49. The quantitative estimate of drug-likeness (QED) is 0.733. The molecular formula is C15H16BrNO3S. The molecule has 4 nitrogen and oxygen atoms in total. The zero-order valence-corrected chi connectivity index (χ0v) is 14.5. The largest absolute Gasteiger partial charge is 0.482 e. The monoisotopic (exact) mass is 369 g/mol. The third-order valence-corrected chi connectivity index (χ3v) is 4.48. The fourth-order valence-corrected chi connectivity index (χ4v) is 3.08. The standard InChI is InChI=1S/C15H16BrNO3S/c1-9(2)8-20-15-12(16)17-13(21-15)10-4-6-11(7-5-10)14(18)19-3/h4-7,9H,8H2,1-3H3. The highest BCUT2D eigenvalue weighted by Crippen LogP contribution is 2.37. The number of rotatable bonds is 5. The van der Waals surface area contributed by atoms with Crippen LogP contribution in [0.4, 0.5) is 0 Å². The van der Waals surface area contributed by atoms with E-state index in [1.807, 2.05) is 12.1 Å². The van der Waals surface area contributed by atoms with Crippen LogP contribution in [0.2, 0.25) is 0 Å². The lowest BCUT2D eigenvalue weighted by molar-refractivity contribution is 0.0601. The highest BCUT2D eigenvalue weighted by molar-refractivity contribution is 9.10. The molecule has 2 aromatic rings. The Morgan fingerprint density at radius 3 is 2.57 bits per heavy atom. The van der Waals surface area contributed by atoms with Gasteiger partial charge in [-0.1, -0.05) is 37.3 Å². The molecule has 0 amide bonds. The Balaban J connectivity index is 2.18. The summed E-state index contributed by atoms with van der Waals surface area (Å²) in [5.74, 6) is 0.115. The summed E-state index contributed by atoms with van der Waals surface area (Å²) in [5.41, 5.74) is 1.46. The third-order valence-electron chi connectivity index (χ3n) is 2.66. The van der Waals surface area contributed by atoms with E-state index in [1.165, 1.54) is 18.4 Å². The van der Waals surface area contributed by atoms with Crippen LogP contribution in [0.1, 0.15) is 24.2 Å². The van der Waals surface area contributed by atoms with Crippen molar-refractivity contribution < 1.29 is 14.3 Å². The second-order valence-corrected chi connectivity index (χ2v) is 6.58. The van der Waals surface area contributed by atoms with Gasteiger partial charge in [0.05, 0.1) is 19.3 Å². The molecule has 112 valence electrons. The van der Waals surface area contributed by atoms with Crippen molar-refractivity contribution in [3.05, 3.63) is 34.4 Å². The summed E-state index contributed by atoms with van der Waals surface area (Å²) in [5, 5.41) is 1.62. The van der Waals surface area contributed by atoms with Crippen LogP contribution < -0.4 is 4.74 Å². The predicted molar refractivity (Wildman–Crippen MR) is 86.9 cm³/mol. The Kier molecular flexibility index (Phi) is 5.36. The molecule has 0 unspecified atom stereocenters. The first-order valence-corrected chi connectivity index (χ1v) is 8.10. The minimum Gasteiger partial charge on any atom is -0.482 e. The second-order valence-electron chi connectivity index (χ2n) is 4.87. The zero-order valence-electron chi connectivity index (χ0n) is 12.1. The minimum absolute atomic E-state index is 0.345. The van der Waals surface area contributed by atoms with Gasteiger partial charge in [-0.2, -0.15) is 0 Å². The van der Waals surface area contributed by atoms with Crippen LogP contribution in [0.15, 0.2) is 28.9 Å². The number of carbonyl (C=O) groups excluding carboxylic acids is 1. The summed E-state index contributed by atoms with van der Waals surface area (Å²) in [6.07, 6.45) is 0. The van der Waals surface area contributed by atoms with E-state index < -0.39 is 0 Å². The molecule has 1 aromatic heterocycles. The van der Waals surface area contributed by atoms with E-state index in [0.717, 1.165) is 15.6 Å². The average Bonchev–Trinajstić information content (AvgIpc) is 2.85. The first kappa shape index (κ1) is 16.0. The summed E-state index contributed by atoms with van der Waals surface area (Å²) in [7, 11) is 1.37. The van der Waals surface area contributed by atoms with E-state index >= 15 is 0 Å². The van der Waals surface area contributed by atoms with Gasteiger partial charge in [0.25, 0.3) is 0 Å². The van der Waals surface area contributed by atoms with Crippen molar-refractivity contribution in [3.63, 3.8) is 0 Å². The molecule has 0 fully saturated rings. The highest BCUT2D eigenvalue weighted by atomic mass is 79.9. The number of aromatic nitrogens is 1. The Morgan fingerprint density at radius 1 is 1.33 bits per heavy atom. The van der Waals surface area contributed by atoms with Crippen LogP contribution in [0.5, 0.6) is 5.06 Å². The van der Waals surface area contributed by atoms with Gasteiger partial charge in [0.1, 0.15) is 5.01 Å². The molecule has 0 aliphatic carbocycles. The number of ether oxygens (including phenoxy) is 2. The van der Waals surface area contributed by atoms with Crippen LogP contribution in [-0.2, 0) is 4.74 Å². The van der Waals surface area contributed by atoms with Gasteiger partial charge in [-0.25, -0.2) is 9.78 Å². The smallest absolute Gasteiger partial charge is 0.337 e. The Labute approximate surface area is 136 Å². The van der Waals surface area contributed by atoms with Gasteiger partial charge >= 0.3 is 5.97 Å². The van der Waals surface area contributed by atoms with E-state index in [1.54, 1.807) is 12.1 Å². The maximum atomic E-state index is 11.4. The van der Waals surface area contributed by atoms with E-state index in [9.17, 15) is 4.79 Å². The minimum atomic E-state index is -0.345. The highest BCUT2D eigenvalue weighted by Gasteiger charge is 2.13. The molecular weight excluding hydrogens is 354 g/mol. The molecule has 0 aliphatic rings. The number of halogens is 1. The van der Waals surface area contributed by atoms with Crippen LogP contribution in [0.3, 0.4) is 0 Å². The van der Waals surface area contributed by atoms with E-state index in [0.29, 0.717) is 22.7 Å². The average molecular weight is 370 g/mol. The van der Waals surface area contributed by atoms with E-state index in [-0.39, 0.29) is 5.97 Å². The summed E-state index contributed by atoms with van der Waals surface area (Å²) >= 11 is 4.89. The fourth-order valence-electron chi connectivity index (χ4n) is 1.61. The van der Waals surface area contributed by atoms with E-state index in [4.69, 9.17) is 4.74 Å². The zero-order chi connectivity index (χ0) is 15.4. The topological polar surface area (TPSA) is 48.4 Å². The number of methoxy groups -OCH3 is 1. The molecule has 2 rings (SSSR count). The van der Waals surface area contributed by atoms with Gasteiger partial charge < -0.3 is 9.47 Å². The van der Waals surface area contributed by atoms with Gasteiger partial charge in [-0.05, 0) is 34.0 Å². The molecule has 0 saturated carbocycles. The van der Waals surface area contributed by atoms with Crippen LogP contribution >= 0.6 is 27.3 Å². The maximum Gasteiger partial charge on any atom is 0.337 e. The van der Waals surface area contributed by atoms with Crippen LogP contribution in [0, 0.1) is 5.92 Å². The normalized spacial score (nSPS) is 10.7. The molecule has 0 atom stereocenters. The van der Waals surface area contributed by atoms with Crippen molar-refractivity contribution in [2.45, 2.75) is 13.8 Å². The number of thiazole rings is 1. The number of nitrogens with zero attached hydrogens (tertiary/aromatic N) is 1. The van der Waals surface area contributed by atoms with Gasteiger partial charge in [0.2, 0.25) is 5.06 Å².